The van der Waals surface area contributed by atoms with Crippen molar-refractivity contribution in [2.75, 3.05) is 0 Å². The van der Waals surface area contributed by atoms with E-state index in [4.69, 9.17) is 10.5 Å². The number of carboxylic acids is 1. The molecule has 0 spiro atoms. The van der Waals surface area contributed by atoms with Gasteiger partial charge >= 0.3 is 5.97 Å². The third-order valence-corrected chi connectivity index (χ3v) is 5.54. The van der Waals surface area contributed by atoms with Gasteiger partial charge in [0.2, 0.25) is 0 Å². The van der Waals surface area contributed by atoms with Crippen molar-refractivity contribution < 1.29 is 9.90 Å². The SMILES string of the molecule is C/C=C(/SC(=N)c1ccc(SC(C)C(=O)O)cc1)c1ccccc1. The number of thioether (sulfide) groups is 2. The van der Waals surface area contributed by atoms with Gasteiger partial charge in [-0.2, -0.15) is 0 Å². The molecular formula is C19H19NO2S2. The third-order valence-electron chi connectivity index (χ3n) is 3.31. The van der Waals surface area contributed by atoms with Crippen molar-refractivity contribution in [1.29, 1.82) is 5.41 Å². The minimum atomic E-state index is -0.826. The first-order valence-electron chi connectivity index (χ1n) is 7.49. The van der Waals surface area contributed by atoms with E-state index in [1.54, 1.807) is 6.92 Å². The van der Waals surface area contributed by atoms with Gasteiger partial charge in [-0.15, -0.1) is 11.8 Å². The van der Waals surface area contributed by atoms with E-state index in [9.17, 15) is 4.79 Å². The molecule has 2 aromatic rings. The molecule has 0 radical (unpaired) electrons. The number of benzene rings is 2. The molecule has 2 N–H and O–H groups in total. The highest BCUT2D eigenvalue weighted by atomic mass is 32.2. The summed E-state index contributed by atoms with van der Waals surface area (Å²) in [6, 6.07) is 17.5. The first kappa shape index (κ1) is 18.4. The standard InChI is InChI=1S/C19H19NO2S2/c1-3-17(14-7-5-4-6-8-14)24-18(20)15-9-11-16(12-10-15)23-13(2)19(21)22/h3-13,20H,1-2H3,(H,21,22)/b17-3+,20-18?. The van der Waals surface area contributed by atoms with Gasteiger partial charge < -0.3 is 5.11 Å². The Balaban J connectivity index is 2.06. The van der Waals surface area contributed by atoms with Crippen LogP contribution in [0, 0.1) is 5.41 Å². The molecule has 0 saturated carbocycles. The minimum absolute atomic E-state index is 0.467. The summed E-state index contributed by atoms with van der Waals surface area (Å²) in [5.74, 6) is -0.826. The molecule has 0 aliphatic rings. The number of rotatable bonds is 6. The van der Waals surface area contributed by atoms with Crippen LogP contribution in [0.25, 0.3) is 4.91 Å². The maximum atomic E-state index is 10.9. The van der Waals surface area contributed by atoms with Crippen LogP contribution in [-0.2, 0) is 4.79 Å². The Bertz CT molecular complexity index is 740. The molecule has 0 amide bonds. The zero-order chi connectivity index (χ0) is 17.5. The molecule has 124 valence electrons. The Hall–Kier alpha value is -1.98. The first-order chi connectivity index (χ1) is 11.5. The van der Waals surface area contributed by atoms with Gasteiger partial charge in [0.25, 0.3) is 0 Å². The van der Waals surface area contributed by atoms with Crippen molar-refractivity contribution in [2.45, 2.75) is 24.0 Å². The van der Waals surface area contributed by atoms with Crippen LogP contribution in [0.15, 0.2) is 65.6 Å². The van der Waals surface area contributed by atoms with Crippen molar-refractivity contribution in [3.8, 4) is 0 Å². The van der Waals surface area contributed by atoms with Gasteiger partial charge in [-0.25, -0.2) is 0 Å². The maximum absolute atomic E-state index is 10.9. The summed E-state index contributed by atoms with van der Waals surface area (Å²) in [5.41, 5.74) is 1.92. The average Bonchev–Trinajstić information content (AvgIpc) is 2.60. The smallest absolute Gasteiger partial charge is 0.316 e. The van der Waals surface area contributed by atoms with E-state index >= 15 is 0 Å². The molecule has 0 aliphatic heterocycles. The van der Waals surface area contributed by atoms with Crippen molar-refractivity contribution in [3.63, 3.8) is 0 Å². The first-order valence-corrected chi connectivity index (χ1v) is 9.19. The second-order valence-corrected chi connectivity index (χ2v) is 7.54. The minimum Gasteiger partial charge on any atom is -0.480 e. The largest absolute Gasteiger partial charge is 0.480 e. The summed E-state index contributed by atoms with van der Waals surface area (Å²) in [7, 11) is 0. The van der Waals surface area contributed by atoms with E-state index in [0.717, 1.165) is 20.9 Å². The fraction of sp³-hybridized carbons (Fsp3) is 0.158. The van der Waals surface area contributed by atoms with Crippen LogP contribution in [-0.4, -0.2) is 21.4 Å². The Kier molecular flexibility index (Phi) is 6.70. The van der Waals surface area contributed by atoms with E-state index in [-0.39, 0.29) is 0 Å². The lowest BCUT2D eigenvalue weighted by Crippen LogP contribution is -2.10. The molecule has 0 bridgehead atoms. The van der Waals surface area contributed by atoms with Crippen molar-refractivity contribution in [1.82, 2.24) is 0 Å². The summed E-state index contributed by atoms with van der Waals surface area (Å²) in [5, 5.41) is 17.2. The summed E-state index contributed by atoms with van der Waals surface area (Å²) in [4.78, 5) is 12.8. The third kappa shape index (κ3) is 5.01. The molecular weight excluding hydrogens is 338 g/mol. The van der Waals surface area contributed by atoms with Crippen LogP contribution < -0.4 is 0 Å². The highest BCUT2D eigenvalue weighted by Gasteiger charge is 2.13. The van der Waals surface area contributed by atoms with Gasteiger partial charge in [0.1, 0.15) is 5.25 Å². The van der Waals surface area contributed by atoms with Crippen LogP contribution in [0.2, 0.25) is 0 Å². The number of carbonyl (C=O) groups is 1. The Morgan fingerprint density at radius 3 is 2.25 bits per heavy atom. The summed E-state index contributed by atoms with van der Waals surface area (Å²) < 4.78 is 0. The van der Waals surface area contributed by atoms with Crippen molar-refractivity contribution in [2.24, 2.45) is 0 Å². The molecule has 5 heteroatoms. The van der Waals surface area contributed by atoms with Crippen LogP contribution in [0.1, 0.15) is 25.0 Å². The summed E-state index contributed by atoms with van der Waals surface area (Å²) in [6.45, 7) is 3.63. The second-order valence-electron chi connectivity index (χ2n) is 5.07. The van der Waals surface area contributed by atoms with Gasteiger partial charge in [0.05, 0.1) is 5.04 Å². The van der Waals surface area contributed by atoms with Gasteiger partial charge in [0, 0.05) is 15.4 Å². The number of hydrogen-bond acceptors (Lipinski definition) is 4. The van der Waals surface area contributed by atoms with E-state index in [1.807, 2.05) is 67.6 Å². The van der Waals surface area contributed by atoms with Gasteiger partial charge in [-0.3, -0.25) is 10.2 Å². The molecule has 0 fully saturated rings. The van der Waals surface area contributed by atoms with Crippen LogP contribution in [0.5, 0.6) is 0 Å². The van der Waals surface area contributed by atoms with Crippen LogP contribution in [0.3, 0.4) is 0 Å². The number of hydrogen-bond donors (Lipinski definition) is 2. The van der Waals surface area contributed by atoms with E-state index < -0.39 is 11.2 Å². The molecule has 2 aromatic carbocycles. The maximum Gasteiger partial charge on any atom is 0.316 e. The number of nitrogens with one attached hydrogen (secondary N) is 1. The van der Waals surface area contributed by atoms with Gasteiger partial charge in [-0.05, 0) is 31.5 Å². The summed E-state index contributed by atoms with van der Waals surface area (Å²) >= 11 is 2.72. The molecule has 1 unspecified atom stereocenters. The van der Waals surface area contributed by atoms with Gasteiger partial charge in [0.15, 0.2) is 0 Å². The topological polar surface area (TPSA) is 61.2 Å². The van der Waals surface area contributed by atoms with Crippen LogP contribution in [0.4, 0.5) is 0 Å². The predicted octanol–water partition coefficient (Wildman–Crippen LogP) is 5.37. The lowest BCUT2D eigenvalue weighted by Gasteiger charge is -2.10. The summed E-state index contributed by atoms with van der Waals surface area (Å²) in [6.07, 6.45) is 2.01. The van der Waals surface area contributed by atoms with Gasteiger partial charge in [-0.1, -0.05) is 60.3 Å². The van der Waals surface area contributed by atoms with E-state index in [0.29, 0.717) is 5.04 Å². The average molecular weight is 358 g/mol. The van der Waals surface area contributed by atoms with Crippen molar-refractivity contribution in [3.05, 3.63) is 71.8 Å². The monoisotopic (exact) mass is 357 g/mol. The highest BCUT2D eigenvalue weighted by molar-refractivity contribution is 8.22. The predicted molar refractivity (Wildman–Crippen MR) is 104 cm³/mol. The Labute approximate surface area is 150 Å². The Morgan fingerprint density at radius 1 is 1.08 bits per heavy atom. The van der Waals surface area contributed by atoms with E-state index in [2.05, 4.69) is 0 Å². The van der Waals surface area contributed by atoms with Crippen LogP contribution >= 0.6 is 23.5 Å². The zero-order valence-electron chi connectivity index (χ0n) is 13.5. The molecule has 3 nitrogen and oxygen atoms in total. The fourth-order valence-electron chi connectivity index (χ4n) is 2.00. The zero-order valence-corrected chi connectivity index (χ0v) is 15.2. The van der Waals surface area contributed by atoms with E-state index in [1.165, 1.54) is 23.5 Å². The molecule has 0 aromatic heterocycles. The molecule has 24 heavy (non-hydrogen) atoms. The lowest BCUT2D eigenvalue weighted by molar-refractivity contribution is -0.136. The number of aliphatic carboxylic acids is 1. The highest BCUT2D eigenvalue weighted by Crippen LogP contribution is 2.31. The molecule has 1 atom stereocenters. The fourth-order valence-corrected chi connectivity index (χ4v) is 3.64. The molecule has 2 rings (SSSR count). The second kappa shape index (κ2) is 8.76. The molecule has 0 saturated heterocycles. The number of allylic oxidation sites excluding steroid dienone is 1. The molecule has 0 heterocycles. The lowest BCUT2D eigenvalue weighted by atomic mass is 10.2. The van der Waals surface area contributed by atoms with Crippen molar-refractivity contribution >= 4 is 39.4 Å². The normalized spacial score (nSPS) is 12.7. The molecule has 0 aliphatic carbocycles. The number of carboxylic acid groups (broad SMARTS) is 1. The quantitative estimate of drug-likeness (QED) is 0.414. The Morgan fingerprint density at radius 2 is 1.71 bits per heavy atom.